The number of benzene rings is 4. The molecule has 0 bridgehead atoms. The van der Waals surface area contributed by atoms with E-state index in [2.05, 4.69) is 105 Å². The second-order valence-corrected chi connectivity index (χ2v) is 24.2. The van der Waals surface area contributed by atoms with Gasteiger partial charge in [0.25, 0.3) is 26.1 Å². The zero-order valence-corrected chi connectivity index (χ0v) is 46.4. The van der Waals surface area contributed by atoms with E-state index in [0.717, 1.165) is 112 Å². The van der Waals surface area contributed by atoms with Gasteiger partial charge in [0.1, 0.15) is 22.9 Å². The first kappa shape index (κ1) is 55.9. The molecule has 0 spiro atoms. The summed E-state index contributed by atoms with van der Waals surface area (Å²) in [6.07, 6.45) is 16.0. The molecule has 4 aliphatic rings. The summed E-state index contributed by atoms with van der Waals surface area (Å²) in [5, 5.41) is 2.16. The van der Waals surface area contributed by atoms with Crippen LogP contribution in [0.3, 0.4) is 0 Å². The van der Waals surface area contributed by atoms with Crippen molar-refractivity contribution in [2.75, 3.05) is 41.7 Å². The Morgan fingerprint density at radius 1 is 0.816 bits per heavy atom. The number of anilines is 2. The van der Waals surface area contributed by atoms with E-state index in [9.17, 15) is 35.5 Å². The standard InChI is InChI=1S/C60H72N4O10S2/c1-8-36-61(37-9-2)45-29-31-50-49(41-45)59(4,5)53(62(50)39-18-40-75(67,68)69)33-27-43-19-16-20-44(58(43)73-46-21-12-10-13-22-46)28-34-54-60(6,7)57-48-23-17-24-52(76(70,71)72)47(48)30-32-51(57)63(54)38-15-11-14-25-56(66)74-64-42(3)26-35-55(64)65/h10,12-13,17,21-24,27-34,41H,3,8-9,11,14-16,18-20,25-26,35-40H2,1-2,4-7H3,(H-,67,68,69,70,71,72)/p+1. The van der Waals surface area contributed by atoms with Crippen LogP contribution in [0.2, 0.25) is 0 Å². The summed E-state index contributed by atoms with van der Waals surface area (Å²) in [5.74, 6) is 0.313. The molecule has 4 aromatic rings. The number of unbranched alkanes of at least 4 members (excludes halogenated alkanes) is 2. The van der Waals surface area contributed by atoms with Gasteiger partial charge in [-0.15, -0.1) is 5.06 Å². The minimum Gasteiger partial charge on any atom is -0.457 e. The van der Waals surface area contributed by atoms with Crippen molar-refractivity contribution in [3.8, 4) is 5.75 Å². The number of fused-ring (bicyclic) bond motifs is 4. The van der Waals surface area contributed by atoms with E-state index in [-0.39, 0.29) is 35.8 Å². The van der Waals surface area contributed by atoms with E-state index in [1.54, 1.807) is 12.1 Å². The van der Waals surface area contributed by atoms with Crippen molar-refractivity contribution in [2.45, 2.75) is 134 Å². The summed E-state index contributed by atoms with van der Waals surface area (Å²) < 4.78 is 78.5. The van der Waals surface area contributed by atoms with Gasteiger partial charge in [0, 0.05) is 84.5 Å². The van der Waals surface area contributed by atoms with Crippen molar-refractivity contribution < 1.29 is 49.7 Å². The molecule has 1 fully saturated rings. The first-order valence-electron chi connectivity index (χ1n) is 26.7. The molecule has 76 heavy (non-hydrogen) atoms. The third-order valence-electron chi connectivity index (χ3n) is 15.1. The molecule has 404 valence electrons. The van der Waals surface area contributed by atoms with Gasteiger partial charge in [-0.25, -0.2) is 4.79 Å². The van der Waals surface area contributed by atoms with Crippen molar-refractivity contribution in [1.29, 1.82) is 0 Å². The molecule has 0 atom stereocenters. The number of hydrogen-bond donors (Lipinski definition) is 2. The highest BCUT2D eigenvalue weighted by atomic mass is 32.2. The predicted molar refractivity (Wildman–Crippen MR) is 300 cm³/mol. The fourth-order valence-electron chi connectivity index (χ4n) is 11.4. The van der Waals surface area contributed by atoms with Gasteiger partial charge in [0.15, 0.2) is 5.71 Å². The first-order chi connectivity index (χ1) is 36.1. The molecule has 14 nitrogen and oxygen atoms in total. The van der Waals surface area contributed by atoms with Crippen molar-refractivity contribution in [3.63, 3.8) is 0 Å². The molecule has 0 aromatic heterocycles. The maximum atomic E-state index is 12.8. The topological polar surface area (TPSA) is 174 Å². The number of carbonyl (C=O) groups excluding carboxylic acids is 2. The second-order valence-electron chi connectivity index (χ2n) is 21.3. The number of allylic oxidation sites excluding steroid dienone is 8. The third kappa shape index (κ3) is 12.1. The molecule has 1 saturated heterocycles. The zero-order valence-electron chi connectivity index (χ0n) is 44.8. The van der Waals surface area contributed by atoms with Crippen molar-refractivity contribution in [2.24, 2.45) is 0 Å². The van der Waals surface area contributed by atoms with E-state index in [0.29, 0.717) is 55.6 Å². The Labute approximate surface area is 449 Å². The summed E-state index contributed by atoms with van der Waals surface area (Å²) in [5.41, 5.74) is 8.49. The maximum absolute atomic E-state index is 12.8. The summed E-state index contributed by atoms with van der Waals surface area (Å²) in [6.45, 7) is 19.7. The smallest absolute Gasteiger partial charge is 0.333 e. The van der Waals surface area contributed by atoms with Crippen molar-refractivity contribution >= 4 is 65.7 Å². The van der Waals surface area contributed by atoms with Crippen LogP contribution in [0.25, 0.3) is 10.8 Å². The molecule has 8 rings (SSSR count). The lowest BCUT2D eigenvalue weighted by atomic mass is 9.78. The van der Waals surface area contributed by atoms with Gasteiger partial charge >= 0.3 is 5.97 Å². The van der Waals surface area contributed by atoms with Gasteiger partial charge in [0.05, 0.1) is 16.9 Å². The molecule has 0 radical (unpaired) electrons. The number of hydrogen-bond acceptors (Lipinski definition) is 10. The predicted octanol–water partition coefficient (Wildman–Crippen LogP) is 12.2. The molecular formula is C60H73N4O10S2+. The van der Waals surface area contributed by atoms with Gasteiger partial charge in [-0.3, -0.25) is 13.9 Å². The van der Waals surface area contributed by atoms with Crippen LogP contribution in [0.5, 0.6) is 5.75 Å². The van der Waals surface area contributed by atoms with Crippen LogP contribution in [-0.2, 0) is 45.5 Å². The largest absolute Gasteiger partial charge is 0.457 e. The molecule has 4 aromatic carbocycles. The van der Waals surface area contributed by atoms with Crippen LogP contribution in [0, 0.1) is 0 Å². The highest BCUT2D eigenvalue weighted by molar-refractivity contribution is 7.86. The molecule has 1 aliphatic carbocycles. The first-order valence-corrected chi connectivity index (χ1v) is 29.8. The average molecular weight is 1070 g/mol. The number of carbonyl (C=O) groups is 2. The number of ether oxygens (including phenoxy) is 1. The Morgan fingerprint density at radius 2 is 1.57 bits per heavy atom. The van der Waals surface area contributed by atoms with Crippen molar-refractivity contribution in [1.82, 2.24) is 5.06 Å². The Balaban J connectivity index is 1.18. The highest BCUT2D eigenvalue weighted by Crippen LogP contribution is 2.50. The van der Waals surface area contributed by atoms with Crippen LogP contribution in [0.4, 0.5) is 17.1 Å². The summed E-state index contributed by atoms with van der Waals surface area (Å²) in [4.78, 5) is 34.8. The molecule has 3 heterocycles. The number of para-hydroxylation sites is 1. The molecular weight excluding hydrogens is 1000 g/mol. The number of rotatable bonds is 22. The molecule has 0 saturated carbocycles. The Morgan fingerprint density at radius 3 is 2.25 bits per heavy atom. The quantitative estimate of drug-likeness (QED) is 0.0434. The lowest BCUT2D eigenvalue weighted by Crippen LogP contribution is -2.28. The lowest BCUT2D eigenvalue weighted by molar-refractivity contribution is -0.438. The second kappa shape index (κ2) is 23.1. The van der Waals surface area contributed by atoms with Gasteiger partial charge in [-0.1, -0.05) is 70.7 Å². The molecule has 2 N–H and O–H groups in total. The zero-order chi connectivity index (χ0) is 54.6. The third-order valence-corrected chi connectivity index (χ3v) is 16.8. The van der Waals surface area contributed by atoms with Crippen LogP contribution < -0.4 is 14.5 Å². The van der Waals surface area contributed by atoms with E-state index in [1.165, 1.54) is 6.07 Å². The summed E-state index contributed by atoms with van der Waals surface area (Å²) >= 11 is 0. The van der Waals surface area contributed by atoms with E-state index < -0.39 is 37.0 Å². The highest BCUT2D eigenvalue weighted by Gasteiger charge is 2.46. The maximum Gasteiger partial charge on any atom is 0.333 e. The van der Waals surface area contributed by atoms with Crippen LogP contribution in [-0.4, -0.2) is 85.1 Å². The monoisotopic (exact) mass is 1070 g/mol. The molecule has 1 amide bonds. The van der Waals surface area contributed by atoms with E-state index in [4.69, 9.17) is 9.57 Å². The Bertz CT molecular complexity index is 3280. The minimum absolute atomic E-state index is 0.137. The SMILES string of the molecule is C=C1CCC(=O)N1OC(=O)CCCCC[N+]1=C(C=CC2=C(Oc3ccccc3)C(=CC=C3N(CCCS(=O)(=O)O)c4ccc(N(CCC)CCC)cc4C3(C)C)CCC2)C(C)(C)c2c1ccc1c(S(=O)(=O)O)cccc21. The average Bonchev–Trinajstić information content (AvgIpc) is 3.89. The molecule has 3 aliphatic heterocycles. The van der Waals surface area contributed by atoms with Crippen LogP contribution >= 0.6 is 0 Å². The number of hydroxylamine groups is 2. The van der Waals surface area contributed by atoms with E-state index in [1.807, 2.05) is 42.5 Å². The fourth-order valence-corrected chi connectivity index (χ4v) is 12.6. The van der Waals surface area contributed by atoms with Gasteiger partial charge in [-0.2, -0.15) is 21.4 Å². The molecule has 0 unspecified atom stereocenters. The van der Waals surface area contributed by atoms with Gasteiger partial charge in [0.2, 0.25) is 5.69 Å². The van der Waals surface area contributed by atoms with Gasteiger partial charge in [-0.05, 0) is 148 Å². The van der Waals surface area contributed by atoms with E-state index >= 15 is 0 Å². The minimum atomic E-state index is -4.53. The number of amides is 1. The molecule has 16 heteroatoms. The summed E-state index contributed by atoms with van der Waals surface area (Å²) in [6, 6.07) is 24.9. The summed E-state index contributed by atoms with van der Waals surface area (Å²) in [7, 11) is -8.70. The Hall–Kier alpha value is -6.33. The lowest BCUT2D eigenvalue weighted by Gasteiger charge is -2.27. The normalized spacial score (nSPS) is 18.5. The number of nitrogens with zero attached hydrogens (tertiary/aromatic N) is 4. The van der Waals surface area contributed by atoms with Crippen LogP contribution in [0.1, 0.15) is 130 Å². The van der Waals surface area contributed by atoms with Crippen molar-refractivity contribution in [3.05, 3.63) is 149 Å². The fraction of sp³-hybridized carbons (Fsp3) is 0.417. The van der Waals surface area contributed by atoms with Crippen LogP contribution in [0.15, 0.2) is 143 Å². The van der Waals surface area contributed by atoms with Gasteiger partial charge < -0.3 is 19.4 Å². The Kier molecular flexibility index (Phi) is 17.0.